The van der Waals surface area contributed by atoms with E-state index in [9.17, 15) is 9.59 Å². The monoisotopic (exact) mass is 323 g/mol. The van der Waals surface area contributed by atoms with Gasteiger partial charge in [-0.25, -0.2) is 0 Å². The minimum absolute atomic E-state index is 0.0298. The number of hydrogen-bond donors (Lipinski definition) is 3. The van der Waals surface area contributed by atoms with Gasteiger partial charge in [0, 0.05) is 18.3 Å². The summed E-state index contributed by atoms with van der Waals surface area (Å²) in [5.74, 6) is -0.511. The van der Waals surface area contributed by atoms with Gasteiger partial charge in [0.25, 0.3) is 0 Å². The minimum Gasteiger partial charge on any atom is -0.348 e. The first-order chi connectivity index (χ1) is 10.7. The molecule has 7 heteroatoms. The summed E-state index contributed by atoms with van der Waals surface area (Å²) in [7, 11) is 1.88. The second kappa shape index (κ2) is 8.10. The lowest BCUT2D eigenvalue weighted by atomic mass is 10.0. The van der Waals surface area contributed by atoms with E-state index in [1.54, 1.807) is 0 Å². The molecule has 0 radical (unpaired) electrons. The zero-order valence-electron chi connectivity index (χ0n) is 14.9. The molecule has 0 aliphatic carbocycles. The maximum absolute atomic E-state index is 12.1. The Morgan fingerprint density at radius 3 is 2.35 bits per heavy atom. The van der Waals surface area contributed by atoms with E-state index >= 15 is 0 Å². The van der Waals surface area contributed by atoms with E-state index in [4.69, 9.17) is 5.73 Å². The quantitative estimate of drug-likeness (QED) is 0.687. The Kier molecular flexibility index (Phi) is 6.75. The maximum Gasteiger partial charge on any atom is 0.239 e. The number of aromatic nitrogens is 2. The number of amides is 2. The van der Waals surface area contributed by atoms with Crippen LogP contribution in [0.3, 0.4) is 0 Å². The molecule has 4 N–H and O–H groups in total. The van der Waals surface area contributed by atoms with Gasteiger partial charge >= 0.3 is 0 Å². The summed E-state index contributed by atoms with van der Waals surface area (Å²) in [4.78, 5) is 23.9. The Hall–Kier alpha value is -1.89. The molecule has 1 heterocycles. The van der Waals surface area contributed by atoms with Gasteiger partial charge in [-0.3, -0.25) is 14.3 Å². The van der Waals surface area contributed by atoms with E-state index in [1.807, 2.05) is 46.3 Å². The molecule has 1 aromatic heterocycles. The van der Waals surface area contributed by atoms with Gasteiger partial charge in [-0.1, -0.05) is 20.8 Å². The zero-order chi connectivity index (χ0) is 17.7. The molecule has 0 aliphatic heterocycles. The summed E-state index contributed by atoms with van der Waals surface area (Å²) in [6.45, 7) is 9.57. The van der Waals surface area contributed by atoms with Crippen LogP contribution in [-0.4, -0.2) is 34.2 Å². The van der Waals surface area contributed by atoms with Crippen molar-refractivity contribution in [1.29, 1.82) is 0 Å². The highest BCUT2D eigenvalue weighted by Gasteiger charge is 2.22. The predicted octanol–water partition coefficient (Wildman–Crippen LogP) is 0.704. The highest BCUT2D eigenvalue weighted by molar-refractivity contribution is 5.87. The van der Waals surface area contributed by atoms with Crippen LogP contribution < -0.4 is 16.4 Å². The molecule has 2 atom stereocenters. The largest absolute Gasteiger partial charge is 0.348 e. The normalized spacial score (nSPS) is 13.7. The number of carbonyl (C=O) groups excluding carboxylic acids is 2. The molecule has 0 fully saturated rings. The van der Waals surface area contributed by atoms with Crippen molar-refractivity contribution >= 4 is 11.8 Å². The van der Waals surface area contributed by atoms with E-state index < -0.39 is 6.04 Å². The van der Waals surface area contributed by atoms with Crippen LogP contribution in [0.15, 0.2) is 0 Å². The Morgan fingerprint density at radius 2 is 1.91 bits per heavy atom. The second-order valence-electron chi connectivity index (χ2n) is 6.22. The average molecular weight is 323 g/mol. The first-order valence-electron chi connectivity index (χ1n) is 8.01. The third kappa shape index (κ3) is 4.79. The molecule has 23 heavy (non-hydrogen) atoms. The van der Waals surface area contributed by atoms with Crippen LogP contribution in [0.25, 0.3) is 0 Å². The fourth-order valence-electron chi connectivity index (χ4n) is 2.51. The second-order valence-corrected chi connectivity index (χ2v) is 6.22. The first kappa shape index (κ1) is 19.2. The molecule has 1 unspecified atom stereocenters. The van der Waals surface area contributed by atoms with Gasteiger partial charge < -0.3 is 16.4 Å². The number of aryl methyl sites for hydroxylation is 2. The maximum atomic E-state index is 12.1. The van der Waals surface area contributed by atoms with Crippen LogP contribution in [0, 0.1) is 19.8 Å². The van der Waals surface area contributed by atoms with Crippen molar-refractivity contribution in [1.82, 2.24) is 20.4 Å². The molecule has 0 aromatic carbocycles. The van der Waals surface area contributed by atoms with Gasteiger partial charge in [-0.2, -0.15) is 5.10 Å². The summed E-state index contributed by atoms with van der Waals surface area (Å²) in [5, 5.41) is 9.92. The van der Waals surface area contributed by atoms with Gasteiger partial charge in [0.2, 0.25) is 11.8 Å². The van der Waals surface area contributed by atoms with E-state index in [0.29, 0.717) is 0 Å². The molecule has 0 saturated carbocycles. The number of hydrogen-bond acceptors (Lipinski definition) is 4. The molecule has 1 rings (SSSR count). The molecule has 0 spiro atoms. The molecular weight excluding hydrogens is 294 g/mol. The molecule has 130 valence electrons. The van der Waals surface area contributed by atoms with E-state index in [-0.39, 0.29) is 30.3 Å². The standard InChI is InChI=1S/C16H29N5O2/c1-7-12(14-10(4)20-21(6)11(14)5)19-13(22)8-18-16(23)15(17)9(2)3/h9,12,15H,7-8,17H2,1-6H3,(H,18,23)(H,19,22)/t12?,15-/m0/s1. The summed E-state index contributed by atoms with van der Waals surface area (Å²) in [5.41, 5.74) is 8.72. The van der Waals surface area contributed by atoms with Gasteiger partial charge in [-0.15, -0.1) is 0 Å². The molecule has 0 aliphatic rings. The molecule has 0 bridgehead atoms. The van der Waals surface area contributed by atoms with Gasteiger partial charge in [0.05, 0.1) is 24.3 Å². The summed E-state index contributed by atoms with van der Waals surface area (Å²) < 4.78 is 1.81. The topological polar surface area (TPSA) is 102 Å². The first-order valence-corrected chi connectivity index (χ1v) is 8.01. The van der Waals surface area contributed by atoms with Crippen molar-refractivity contribution < 1.29 is 9.59 Å². The SMILES string of the molecule is CCC(NC(=O)CNC(=O)[C@@H](N)C(C)C)c1c(C)nn(C)c1C. The number of nitrogens with one attached hydrogen (secondary N) is 2. The lowest BCUT2D eigenvalue weighted by molar-refractivity contribution is -0.127. The highest BCUT2D eigenvalue weighted by atomic mass is 16.2. The Bertz CT molecular complexity index is 565. The summed E-state index contributed by atoms with van der Waals surface area (Å²) >= 11 is 0. The molecule has 0 saturated heterocycles. The lowest BCUT2D eigenvalue weighted by Crippen LogP contribution is -2.47. The predicted molar refractivity (Wildman–Crippen MR) is 89.7 cm³/mol. The third-order valence-electron chi connectivity index (χ3n) is 4.10. The summed E-state index contributed by atoms with van der Waals surface area (Å²) in [6.07, 6.45) is 0.749. The molecule has 1 aromatic rings. The van der Waals surface area contributed by atoms with Crippen molar-refractivity contribution in [3.63, 3.8) is 0 Å². The molecule has 2 amide bonds. The van der Waals surface area contributed by atoms with Crippen LogP contribution in [0.2, 0.25) is 0 Å². The van der Waals surface area contributed by atoms with Gasteiger partial charge in [-0.05, 0) is 26.2 Å². The van der Waals surface area contributed by atoms with Crippen molar-refractivity contribution in [3.05, 3.63) is 17.0 Å². The number of rotatable bonds is 7. The van der Waals surface area contributed by atoms with E-state index in [2.05, 4.69) is 15.7 Å². The summed E-state index contributed by atoms with van der Waals surface area (Å²) in [6, 6.07) is -0.723. The van der Waals surface area contributed by atoms with Crippen molar-refractivity contribution in [2.45, 2.75) is 53.1 Å². The van der Waals surface area contributed by atoms with Crippen molar-refractivity contribution in [3.8, 4) is 0 Å². The number of nitrogens with two attached hydrogens (primary N) is 1. The lowest BCUT2D eigenvalue weighted by Gasteiger charge is -2.19. The minimum atomic E-state index is -0.604. The fourth-order valence-corrected chi connectivity index (χ4v) is 2.51. The van der Waals surface area contributed by atoms with Crippen LogP contribution in [0.1, 0.15) is 50.2 Å². The number of nitrogens with zero attached hydrogens (tertiary/aromatic N) is 2. The van der Waals surface area contributed by atoms with E-state index in [1.165, 1.54) is 0 Å². The molecular formula is C16H29N5O2. The molecule has 7 nitrogen and oxygen atoms in total. The Labute approximate surface area is 138 Å². The van der Waals surface area contributed by atoms with Gasteiger partial charge in [0.15, 0.2) is 0 Å². The smallest absolute Gasteiger partial charge is 0.239 e. The van der Waals surface area contributed by atoms with Crippen molar-refractivity contribution in [2.75, 3.05) is 6.54 Å². The van der Waals surface area contributed by atoms with Crippen LogP contribution >= 0.6 is 0 Å². The average Bonchev–Trinajstić information content (AvgIpc) is 2.74. The Morgan fingerprint density at radius 1 is 1.30 bits per heavy atom. The van der Waals surface area contributed by atoms with Crippen LogP contribution in [-0.2, 0) is 16.6 Å². The van der Waals surface area contributed by atoms with Crippen molar-refractivity contribution in [2.24, 2.45) is 18.7 Å². The zero-order valence-corrected chi connectivity index (χ0v) is 14.9. The van der Waals surface area contributed by atoms with Gasteiger partial charge in [0.1, 0.15) is 0 Å². The Balaban J connectivity index is 2.66. The third-order valence-corrected chi connectivity index (χ3v) is 4.10. The fraction of sp³-hybridized carbons (Fsp3) is 0.688. The van der Waals surface area contributed by atoms with E-state index in [0.717, 1.165) is 23.4 Å². The number of carbonyl (C=O) groups is 2. The van der Waals surface area contributed by atoms with Crippen LogP contribution in [0.5, 0.6) is 0 Å². The van der Waals surface area contributed by atoms with Crippen LogP contribution in [0.4, 0.5) is 0 Å². The highest BCUT2D eigenvalue weighted by Crippen LogP contribution is 2.23.